The Hall–Kier alpha value is -2.08. The van der Waals surface area contributed by atoms with Crippen LogP contribution in [0.25, 0.3) is 0 Å². The largest absolute Gasteiger partial charge is 0.494 e. The third-order valence-corrected chi connectivity index (χ3v) is 4.09. The zero-order valence-electron chi connectivity index (χ0n) is 12.5. The third-order valence-electron chi connectivity index (χ3n) is 3.16. The Kier molecular flexibility index (Phi) is 6.21. The summed E-state index contributed by atoms with van der Waals surface area (Å²) in [5.74, 6) is 0.342. The molecule has 0 aliphatic rings. The number of hydrogen-bond acceptors (Lipinski definition) is 3. The van der Waals surface area contributed by atoms with Gasteiger partial charge in [-0.05, 0) is 35.6 Å². The van der Waals surface area contributed by atoms with E-state index in [2.05, 4.69) is 21.8 Å². The van der Waals surface area contributed by atoms with Gasteiger partial charge in [0.2, 0.25) is 0 Å². The van der Waals surface area contributed by atoms with Crippen LogP contribution in [0.5, 0.6) is 5.75 Å². The normalized spacial score (nSPS) is 11.5. The maximum atomic E-state index is 13.3. The van der Waals surface area contributed by atoms with Crippen molar-refractivity contribution in [2.45, 2.75) is 12.8 Å². The highest BCUT2D eigenvalue weighted by molar-refractivity contribution is 7.09. The van der Waals surface area contributed by atoms with Gasteiger partial charge in [-0.2, -0.15) is 0 Å². The molecule has 1 aromatic carbocycles. The van der Waals surface area contributed by atoms with Crippen molar-refractivity contribution in [3.05, 3.63) is 52.0 Å². The van der Waals surface area contributed by atoms with Crippen molar-refractivity contribution in [3.63, 3.8) is 0 Å². The van der Waals surface area contributed by atoms with Gasteiger partial charge < -0.3 is 15.8 Å². The Morgan fingerprint density at radius 1 is 1.36 bits per heavy atom. The summed E-state index contributed by atoms with van der Waals surface area (Å²) in [6.45, 7) is 1.31. The van der Waals surface area contributed by atoms with Crippen LogP contribution in [-0.2, 0) is 12.8 Å². The number of nitrogens with one attached hydrogen (secondary N) is 1. The minimum atomic E-state index is -0.353. The second kappa shape index (κ2) is 8.38. The molecule has 1 aromatic heterocycles. The molecule has 0 bridgehead atoms. The SMILES string of the molecule is COc1cc(CCNC(N)=NCCc2cccs2)ccc1F. The summed E-state index contributed by atoms with van der Waals surface area (Å²) in [5, 5.41) is 5.11. The fourth-order valence-electron chi connectivity index (χ4n) is 1.99. The van der Waals surface area contributed by atoms with Crippen molar-refractivity contribution >= 4 is 17.3 Å². The molecule has 0 aliphatic heterocycles. The van der Waals surface area contributed by atoms with Gasteiger partial charge in [-0.25, -0.2) is 4.39 Å². The van der Waals surface area contributed by atoms with Gasteiger partial charge >= 0.3 is 0 Å². The maximum Gasteiger partial charge on any atom is 0.188 e. The molecule has 1 heterocycles. The molecule has 0 unspecified atom stereocenters. The molecule has 0 amide bonds. The van der Waals surface area contributed by atoms with Crippen molar-refractivity contribution in [1.82, 2.24) is 5.32 Å². The molecular weight excluding hydrogens is 301 g/mol. The fourth-order valence-corrected chi connectivity index (χ4v) is 2.69. The monoisotopic (exact) mass is 321 g/mol. The lowest BCUT2D eigenvalue weighted by atomic mass is 10.1. The molecule has 118 valence electrons. The molecule has 0 radical (unpaired) electrons. The van der Waals surface area contributed by atoms with Crippen molar-refractivity contribution in [3.8, 4) is 5.75 Å². The Labute approximate surface area is 133 Å². The number of nitrogens with two attached hydrogens (primary N) is 1. The molecule has 2 rings (SSSR count). The van der Waals surface area contributed by atoms with Gasteiger partial charge in [0.1, 0.15) is 0 Å². The van der Waals surface area contributed by atoms with Crippen molar-refractivity contribution in [2.75, 3.05) is 20.2 Å². The third kappa shape index (κ3) is 5.04. The van der Waals surface area contributed by atoms with Crippen LogP contribution in [0, 0.1) is 5.82 Å². The first kappa shape index (κ1) is 16.3. The quantitative estimate of drug-likeness (QED) is 0.609. The average molecular weight is 321 g/mol. The standard InChI is InChI=1S/C16H20FN3OS/c1-21-15-11-12(4-5-14(15)17)6-8-19-16(18)20-9-7-13-3-2-10-22-13/h2-5,10-11H,6-9H2,1H3,(H3,18,19,20). The Balaban J connectivity index is 1.73. The highest BCUT2D eigenvalue weighted by Crippen LogP contribution is 2.18. The summed E-state index contributed by atoms with van der Waals surface area (Å²) in [4.78, 5) is 5.58. The first-order valence-electron chi connectivity index (χ1n) is 7.07. The van der Waals surface area contributed by atoms with Crippen LogP contribution >= 0.6 is 11.3 Å². The van der Waals surface area contributed by atoms with E-state index in [0.717, 1.165) is 18.4 Å². The summed E-state index contributed by atoms with van der Waals surface area (Å²) in [6.07, 6.45) is 1.62. The second-order valence-corrected chi connectivity index (χ2v) is 5.77. The smallest absolute Gasteiger partial charge is 0.188 e. The van der Waals surface area contributed by atoms with E-state index in [1.54, 1.807) is 23.5 Å². The van der Waals surface area contributed by atoms with Crippen LogP contribution in [0.4, 0.5) is 4.39 Å². The first-order chi connectivity index (χ1) is 10.7. The van der Waals surface area contributed by atoms with E-state index in [0.29, 0.717) is 19.0 Å². The molecule has 4 nitrogen and oxygen atoms in total. The number of ether oxygens (including phenoxy) is 1. The summed E-state index contributed by atoms with van der Waals surface area (Å²) >= 11 is 1.72. The molecule has 2 aromatic rings. The highest BCUT2D eigenvalue weighted by Gasteiger charge is 2.03. The van der Waals surface area contributed by atoms with Gasteiger partial charge in [-0.15, -0.1) is 11.3 Å². The topological polar surface area (TPSA) is 59.6 Å². The Morgan fingerprint density at radius 2 is 2.23 bits per heavy atom. The summed E-state index contributed by atoms with van der Waals surface area (Å²) in [5.41, 5.74) is 6.80. The van der Waals surface area contributed by atoms with Gasteiger partial charge in [-0.3, -0.25) is 4.99 Å². The summed E-state index contributed by atoms with van der Waals surface area (Å²) in [7, 11) is 1.46. The number of benzene rings is 1. The number of halogens is 1. The average Bonchev–Trinajstić information content (AvgIpc) is 3.02. The van der Waals surface area contributed by atoms with Crippen LogP contribution in [0.15, 0.2) is 40.7 Å². The van der Waals surface area contributed by atoms with Crippen molar-refractivity contribution in [2.24, 2.45) is 10.7 Å². The number of aliphatic imine (C=N–C) groups is 1. The van der Waals surface area contributed by atoms with E-state index in [-0.39, 0.29) is 11.6 Å². The Bertz CT molecular complexity index is 614. The lowest BCUT2D eigenvalue weighted by molar-refractivity contribution is 0.386. The highest BCUT2D eigenvalue weighted by atomic mass is 32.1. The first-order valence-corrected chi connectivity index (χ1v) is 7.95. The number of thiophene rings is 1. The van der Waals surface area contributed by atoms with Crippen LogP contribution < -0.4 is 15.8 Å². The molecule has 3 N–H and O–H groups in total. The van der Waals surface area contributed by atoms with E-state index in [9.17, 15) is 4.39 Å². The molecule has 6 heteroatoms. The van der Waals surface area contributed by atoms with Gasteiger partial charge in [0, 0.05) is 24.4 Å². The summed E-state index contributed by atoms with van der Waals surface area (Å²) in [6, 6.07) is 8.96. The van der Waals surface area contributed by atoms with E-state index >= 15 is 0 Å². The summed E-state index contributed by atoms with van der Waals surface area (Å²) < 4.78 is 18.3. The lowest BCUT2D eigenvalue weighted by Crippen LogP contribution is -2.33. The predicted octanol–water partition coefficient (Wildman–Crippen LogP) is 2.59. The minimum absolute atomic E-state index is 0.259. The van der Waals surface area contributed by atoms with Gasteiger partial charge in [0.05, 0.1) is 7.11 Å². The van der Waals surface area contributed by atoms with Gasteiger partial charge in [0.15, 0.2) is 17.5 Å². The fraction of sp³-hybridized carbons (Fsp3) is 0.312. The van der Waals surface area contributed by atoms with E-state index in [4.69, 9.17) is 10.5 Å². The van der Waals surface area contributed by atoms with Crippen LogP contribution in [-0.4, -0.2) is 26.2 Å². The molecule has 0 aliphatic carbocycles. The zero-order chi connectivity index (χ0) is 15.8. The van der Waals surface area contributed by atoms with Crippen molar-refractivity contribution in [1.29, 1.82) is 0 Å². The molecule has 0 spiro atoms. The second-order valence-electron chi connectivity index (χ2n) is 4.74. The van der Waals surface area contributed by atoms with Crippen LogP contribution in [0.2, 0.25) is 0 Å². The molecule has 22 heavy (non-hydrogen) atoms. The van der Waals surface area contributed by atoms with Gasteiger partial charge in [0.25, 0.3) is 0 Å². The number of guanidine groups is 1. The minimum Gasteiger partial charge on any atom is -0.494 e. The maximum absolute atomic E-state index is 13.3. The predicted molar refractivity (Wildman–Crippen MR) is 89.2 cm³/mol. The Morgan fingerprint density at radius 3 is 2.95 bits per heavy atom. The number of rotatable bonds is 7. The van der Waals surface area contributed by atoms with Crippen LogP contribution in [0.3, 0.4) is 0 Å². The van der Waals surface area contributed by atoms with E-state index < -0.39 is 0 Å². The number of hydrogen-bond donors (Lipinski definition) is 2. The molecule has 0 fully saturated rings. The number of methoxy groups -OCH3 is 1. The van der Waals surface area contributed by atoms with Crippen LogP contribution in [0.1, 0.15) is 10.4 Å². The zero-order valence-corrected chi connectivity index (χ0v) is 13.3. The molecular formula is C16H20FN3OS. The number of nitrogens with zero attached hydrogens (tertiary/aromatic N) is 1. The molecule has 0 saturated carbocycles. The molecule has 0 atom stereocenters. The van der Waals surface area contributed by atoms with Crippen molar-refractivity contribution < 1.29 is 9.13 Å². The van der Waals surface area contributed by atoms with Gasteiger partial charge in [-0.1, -0.05) is 12.1 Å². The van der Waals surface area contributed by atoms with E-state index in [1.807, 2.05) is 6.07 Å². The van der Waals surface area contributed by atoms with E-state index in [1.165, 1.54) is 18.1 Å². The lowest BCUT2D eigenvalue weighted by Gasteiger charge is -2.07. The molecule has 0 saturated heterocycles.